The summed E-state index contributed by atoms with van der Waals surface area (Å²) in [6.45, 7) is 5.21. The minimum absolute atomic E-state index is 0.0764. The fourth-order valence-corrected chi connectivity index (χ4v) is 2.49. The van der Waals surface area contributed by atoms with Gasteiger partial charge in [0, 0.05) is 24.6 Å². The first kappa shape index (κ1) is 16.2. The summed E-state index contributed by atoms with van der Waals surface area (Å²) in [4.78, 5) is 14.0. The van der Waals surface area contributed by atoms with Crippen LogP contribution in [0.25, 0.3) is 0 Å². The second kappa shape index (κ2) is 7.65. The lowest BCUT2D eigenvalue weighted by Crippen LogP contribution is -2.40. The van der Waals surface area contributed by atoms with Crippen molar-refractivity contribution in [3.63, 3.8) is 0 Å². The maximum atomic E-state index is 12.2. The van der Waals surface area contributed by atoms with E-state index >= 15 is 0 Å². The summed E-state index contributed by atoms with van der Waals surface area (Å²) in [5.74, 6) is 0.353. The smallest absolute Gasteiger partial charge is 0.226 e. The summed E-state index contributed by atoms with van der Waals surface area (Å²) < 4.78 is 1.07. The summed E-state index contributed by atoms with van der Waals surface area (Å²) in [5, 5.41) is 0. The van der Waals surface area contributed by atoms with Crippen LogP contribution in [0.1, 0.15) is 19.4 Å². The van der Waals surface area contributed by atoms with Crippen LogP contribution in [0.2, 0.25) is 0 Å². The summed E-state index contributed by atoms with van der Waals surface area (Å²) in [5.41, 5.74) is 6.91. The molecule has 0 saturated carbocycles. The Morgan fingerprint density at radius 1 is 1.42 bits per heavy atom. The molecule has 0 aliphatic heterocycles. The van der Waals surface area contributed by atoms with Gasteiger partial charge in [-0.15, -0.1) is 0 Å². The van der Waals surface area contributed by atoms with Gasteiger partial charge >= 0.3 is 0 Å². The minimum Gasteiger partial charge on any atom is -0.345 e. The van der Waals surface area contributed by atoms with Crippen molar-refractivity contribution in [2.75, 3.05) is 20.1 Å². The Morgan fingerprint density at radius 2 is 2.11 bits per heavy atom. The van der Waals surface area contributed by atoms with Crippen molar-refractivity contribution in [2.24, 2.45) is 17.6 Å². The molecule has 1 amide bonds. The molecule has 2 N–H and O–H groups in total. The van der Waals surface area contributed by atoms with Gasteiger partial charge in [0.25, 0.3) is 0 Å². The topological polar surface area (TPSA) is 46.3 Å². The molecule has 1 aromatic carbocycles. The maximum Gasteiger partial charge on any atom is 0.226 e. The summed E-state index contributed by atoms with van der Waals surface area (Å²) in [6, 6.07) is 8.17. The van der Waals surface area contributed by atoms with Crippen LogP contribution < -0.4 is 5.73 Å². The number of halogens is 1. The molecule has 1 atom stereocenters. The SMILES string of the molecule is CC(C)C(CN)C(=O)N(C)CCc1cccc(Br)c1. The third-order valence-electron chi connectivity index (χ3n) is 3.38. The van der Waals surface area contributed by atoms with E-state index in [1.165, 1.54) is 5.56 Å². The Labute approximate surface area is 124 Å². The van der Waals surface area contributed by atoms with Crippen LogP contribution in [0.5, 0.6) is 0 Å². The highest BCUT2D eigenvalue weighted by Crippen LogP contribution is 2.14. The average molecular weight is 327 g/mol. The summed E-state index contributed by atoms with van der Waals surface area (Å²) >= 11 is 3.45. The number of amides is 1. The largest absolute Gasteiger partial charge is 0.345 e. The second-order valence-electron chi connectivity index (χ2n) is 5.23. The molecule has 0 aliphatic carbocycles. The predicted molar refractivity (Wildman–Crippen MR) is 82.9 cm³/mol. The lowest BCUT2D eigenvalue weighted by atomic mass is 9.94. The lowest BCUT2D eigenvalue weighted by Gasteiger charge is -2.25. The standard InChI is InChI=1S/C15H23BrN2O/c1-11(2)14(10-17)15(19)18(3)8-7-12-5-4-6-13(16)9-12/h4-6,9,11,14H,7-8,10,17H2,1-3H3. The monoisotopic (exact) mass is 326 g/mol. The second-order valence-corrected chi connectivity index (χ2v) is 6.14. The molecule has 1 rings (SSSR count). The summed E-state index contributed by atoms with van der Waals surface area (Å²) in [6.07, 6.45) is 0.858. The fourth-order valence-electron chi connectivity index (χ4n) is 2.04. The van der Waals surface area contributed by atoms with E-state index in [1.807, 2.05) is 33.0 Å². The van der Waals surface area contributed by atoms with Crippen LogP contribution in [-0.2, 0) is 11.2 Å². The molecule has 1 unspecified atom stereocenters. The third kappa shape index (κ3) is 4.96. The van der Waals surface area contributed by atoms with Crippen LogP contribution in [-0.4, -0.2) is 30.9 Å². The minimum atomic E-state index is -0.0764. The van der Waals surface area contributed by atoms with Gasteiger partial charge in [-0.1, -0.05) is 41.9 Å². The van der Waals surface area contributed by atoms with Gasteiger partial charge < -0.3 is 10.6 Å². The maximum absolute atomic E-state index is 12.2. The van der Waals surface area contributed by atoms with E-state index in [4.69, 9.17) is 5.73 Å². The van der Waals surface area contributed by atoms with Gasteiger partial charge in [0.2, 0.25) is 5.91 Å². The molecule has 0 aromatic heterocycles. The van der Waals surface area contributed by atoms with Crippen LogP contribution in [0.15, 0.2) is 28.7 Å². The van der Waals surface area contributed by atoms with Crippen molar-refractivity contribution in [3.8, 4) is 0 Å². The number of nitrogens with two attached hydrogens (primary N) is 1. The third-order valence-corrected chi connectivity index (χ3v) is 3.87. The molecule has 0 radical (unpaired) electrons. The highest BCUT2D eigenvalue weighted by molar-refractivity contribution is 9.10. The first-order valence-electron chi connectivity index (χ1n) is 6.65. The Bertz CT molecular complexity index is 420. The molecule has 0 fully saturated rings. The molecule has 4 heteroatoms. The molecule has 0 saturated heterocycles. The van der Waals surface area contributed by atoms with Gasteiger partial charge in [-0.3, -0.25) is 4.79 Å². The Balaban J connectivity index is 2.55. The number of carbonyl (C=O) groups is 1. The lowest BCUT2D eigenvalue weighted by molar-refractivity contribution is -0.135. The molecule has 0 bridgehead atoms. The Hall–Kier alpha value is -0.870. The number of benzene rings is 1. The van der Waals surface area contributed by atoms with E-state index in [0.29, 0.717) is 6.54 Å². The van der Waals surface area contributed by atoms with Gasteiger partial charge in [0.15, 0.2) is 0 Å². The number of likely N-dealkylation sites (N-methyl/N-ethyl adjacent to an activating group) is 1. The Kier molecular flexibility index (Phi) is 6.52. The van der Waals surface area contributed by atoms with Gasteiger partial charge in [-0.05, 0) is 30.0 Å². The molecular formula is C15H23BrN2O. The molecule has 0 aliphatic rings. The molecular weight excluding hydrogens is 304 g/mol. The molecule has 0 spiro atoms. The number of hydrogen-bond acceptors (Lipinski definition) is 2. The first-order valence-corrected chi connectivity index (χ1v) is 7.44. The molecule has 19 heavy (non-hydrogen) atoms. The van der Waals surface area contributed by atoms with Crippen molar-refractivity contribution in [1.29, 1.82) is 0 Å². The zero-order valence-corrected chi connectivity index (χ0v) is 13.5. The van der Waals surface area contributed by atoms with E-state index in [9.17, 15) is 4.79 Å². The highest BCUT2D eigenvalue weighted by Gasteiger charge is 2.23. The van der Waals surface area contributed by atoms with E-state index in [2.05, 4.69) is 28.1 Å². The zero-order valence-electron chi connectivity index (χ0n) is 11.9. The molecule has 3 nitrogen and oxygen atoms in total. The van der Waals surface area contributed by atoms with Crippen molar-refractivity contribution >= 4 is 21.8 Å². The number of rotatable bonds is 6. The molecule has 0 heterocycles. The first-order chi connectivity index (χ1) is 8.95. The van der Waals surface area contributed by atoms with Crippen LogP contribution in [0.4, 0.5) is 0 Å². The van der Waals surface area contributed by atoms with Crippen LogP contribution >= 0.6 is 15.9 Å². The zero-order chi connectivity index (χ0) is 14.4. The van der Waals surface area contributed by atoms with Crippen molar-refractivity contribution in [3.05, 3.63) is 34.3 Å². The van der Waals surface area contributed by atoms with Crippen molar-refractivity contribution < 1.29 is 4.79 Å². The fraction of sp³-hybridized carbons (Fsp3) is 0.533. The van der Waals surface area contributed by atoms with E-state index in [0.717, 1.165) is 17.4 Å². The number of hydrogen-bond donors (Lipinski definition) is 1. The van der Waals surface area contributed by atoms with Gasteiger partial charge in [0.1, 0.15) is 0 Å². The predicted octanol–water partition coefficient (Wildman–Crippen LogP) is 2.68. The van der Waals surface area contributed by atoms with E-state index < -0.39 is 0 Å². The van der Waals surface area contributed by atoms with Gasteiger partial charge in [-0.25, -0.2) is 0 Å². The molecule has 106 valence electrons. The van der Waals surface area contributed by atoms with Crippen molar-refractivity contribution in [1.82, 2.24) is 4.90 Å². The average Bonchev–Trinajstić information content (AvgIpc) is 2.36. The number of carbonyl (C=O) groups excluding carboxylic acids is 1. The van der Waals surface area contributed by atoms with Crippen LogP contribution in [0.3, 0.4) is 0 Å². The molecule has 1 aromatic rings. The normalized spacial score (nSPS) is 12.5. The van der Waals surface area contributed by atoms with E-state index in [-0.39, 0.29) is 17.7 Å². The quantitative estimate of drug-likeness (QED) is 0.873. The van der Waals surface area contributed by atoms with Crippen molar-refractivity contribution in [2.45, 2.75) is 20.3 Å². The highest BCUT2D eigenvalue weighted by atomic mass is 79.9. The summed E-state index contributed by atoms with van der Waals surface area (Å²) in [7, 11) is 1.85. The van der Waals surface area contributed by atoms with E-state index in [1.54, 1.807) is 4.90 Å². The number of nitrogens with zero attached hydrogens (tertiary/aromatic N) is 1. The van der Waals surface area contributed by atoms with Crippen LogP contribution in [0, 0.1) is 11.8 Å². The van der Waals surface area contributed by atoms with Gasteiger partial charge in [-0.2, -0.15) is 0 Å². The van der Waals surface area contributed by atoms with Gasteiger partial charge in [0.05, 0.1) is 5.92 Å². The Morgan fingerprint density at radius 3 is 2.63 bits per heavy atom.